The number of fused-ring (bicyclic) bond motifs is 2. The average molecular weight is 467 g/mol. The molecule has 0 spiro atoms. The van der Waals surface area contributed by atoms with Gasteiger partial charge in [0.25, 0.3) is 5.91 Å². The van der Waals surface area contributed by atoms with Gasteiger partial charge in [0, 0.05) is 34.6 Å². The van der Waals surface area contributed by atoms with Gasteiger partial charge in [-0.15, -0.1) is 0 Å². The fourth-order valence-electron chi connectivity index (χ4n) is 7.38. The van der Waals surface area contributed by atoms with E-state index in [-0.39, 0.29) is 17.5 Å². The lowest BCUT2D eigenvalue weighted by molar-refractivity contribution is 0.0722. The van der Waals surface area contributed by atoms with Crippen LogP contribution < -0.4 is 10.6 Å². The van der Waals surface area contributed by atoms with Crippen molar-refractivity contribution in [1.82, 2.24) is 15.6 Å². The number of hydrogen-bond acceptors (Lipinski definition) is 3. The SMILES string of the molecule is N#Cc1cc2cc(C(=O)NC3CCC(C4(C5CCCC5)NCCc5ccccc54)CC3)ccc2[nH]1. The first kappa shape index (κ1) is 22.4. The zero-order valence-corrected chi connectivity index (χ0v) is 20.3. The third-order valence-corrected chi connectivity index (χ3v) is 8.98. The molecule has 0 bridgehead atoms. The number of aromatic amines is 1. The van der Waals surface area contributed by atoms with Crippen LogP contribution in [0.1, 0.15) is 78.5 Å². The molecule has 0 radical (unpaired) electrons. The summed E-state index contributed by atoms with van der Waals surface area (Å²) in [4.78, 5) is 16.1. The van der Waals surface area contributed by atoms with Crippen LogP contribution in [0.25, 0.3) is 10.9 Å². The minimum absolute atomic E-state index is 0.0123. The molecule has 1 aromatic heterocycles. The number of H-pyrrole nitrogens is 1. The molecule has 2 aliphatic carbocycles. The number of nitrogens with one attached hydrogen (secondary N) is 3. The number of carbonyl (C=O) groups is 1. The van der Waals surface area contributed by atoms with Crippen molar-refractivity contribution in [3.05, 3.63) is 70.9 Å². The second-order valence-corrected chi connectivity index (χ2v) is 10.8. The molecule has 1 atom stereocenters. The van der Waals surface area contributed by atoms with Crippen molar-refractivity contribution in [2.75, 3.05) is 6.54 Å². The average Bonchev–Trinajstić information content (AvgIpc) is 3.59. The molecule has 35 heavy (non-hydrogen) atoms. The molecule has 2 fully saturated rings. The van der Waals surface area contributed by atoms with Crippen molar-refractivity contribution >= 4 is 16.8 Å². The van der Waals surface area contributed by atoms with Crippen molar-refractivity contribution in [2.24, 2.45) is 11.8 Å². The van der Waals surface area contributed by atoms with E-state index in [9.17, 15) is 4.79 Å². The lowest BCUT2D eigenvalue weighted by atomic mass is 9.61. The summed E-state index contributed by atoms with van der Waals surface area (Å²) in [6, 6.07) is 18.9. The molecule has 5 nitrogen and oxygen atoms in total. The van der Waals surface area contributed by atoms with Gasteiger partial charge in [-0.05, 0) is 92.2 Å². The van der Waals surface area contributed by atoms with Crippen molar-refractivity contribution in [3.8, 4) is 6.07 Å². The van der Waals surface area contributed by atoms with Gasteiger partial charge in [-0.3, -0.25) is 4.79 Å². The van der Waals surface area contributed by atoms with Crippen molar-refractivity contribution in [3.63, 3.8) is 0 Å². The standard InChI is InChI=1S/C30H34N4O/c31-19-26-18-22-17-21(9-14-28(22)33-26)29(35)34-25-12-10-24(11-13-25)30(23-6-2-3-7-23)27-8-4-1-5-20(27)15-16-32-30/h1,4-5,8-9,14,17-18,23-25,32-33H,2-3,6-7,10-13,15-16H2,(H,34,35). The van der Waals surface area contributed by atoms with E-state index in [2.05, 4.69) is 46.0 Å². The number of hydrogen-bond donors (Lipinski definition) is 3. The molecular formula is C30H34N4O. The molecule has 3 N–H and O–H groups in total. The lowest BCUT2D eigenvalue weighted by Crippen LogP contribution is -2.58. The second kappa shape index (κ2) is 9.17. The quantitative estimate of drug-likeness (QED) is 0.471. The highest BCUT2D eigenvalue weighted by Crippen LogP contribution is 2.51. The van der Waals surface area contributed by atoms with Gasteiger partial charge in [0.1, 0.15) is 11.8 Å². The molecule has 1 aliphatic heterocycles. The summed E-state index contributed by atoms with van der Waals surface area (Å²) in [5.74, 6) is 1.31. The Balaban J connectivity index is 1.17. The van der Waals surface area contributed by atoms with E-state index in [0.29, 0.717) is 23.1 Å². The lowest BCUT2D eigenvalue weighted by Gasteiger charge is -2.52. The highest BCUT2D eigenvalue weighted by Gasteiger charge is 2.49. The van der Waals surface area contributed by atoms with Gasteiger partial charge >= 0.3 is 0 Å². The number of benzene rings is 2. The molecule has 2 saturated carbocycles. The third kappa shape index (κ3) is 3.94. The van der Waals surface area contributed by atoms with Gasteiger partial charge in [0.05, 0.1) is 0 Å². The van der Waals surface area contributed by atoms with Crippen LogP contribution in [0.15, 0.2) is 48.5 Å². The Kier molecular flexibility index (Phi) is 5.86. The number of amides is 1. The van der Waals surface area contributed by atoms with Crippen LogP contribution in [0.5, 0.6) is 0 Å². The Morgan fingerprint density at radius 1 is 0.971 bits per heavy atom. The Morgan fingerprint density at radius 3 is 2.54 bits per heavy atom. The van der Waals surface area contributed by atoms with Crippen molar-refractivity contribution in [2.45, 2.75) is 69.4 Å². The van der Waals surface area contributed by atoms with Crippen LogP contribution in [-0.2, 0) is 12.0 Å². The number of carbonyl (C=O) groups excluding carboxylic acids is 1. The van der Waals surface area contributed by atoms with Crippen LogP contribution in [0.3, 0.4) is 0 Å². The first-order chi connectivity index (χ1) is 17.2. The minimum Gasteiger partial charge on any atom is -0.349 e. The number of nitriles is 1. The molecule has 2 aromatic carbocycles. The largest absolute Gasteiger partial charge is 0.349 e. The molecule has 1 unspecified atom stereocenters. The molecule has 3 aliphatic rings. The topological polar surface area (TPSA) is 80.7 Å². The number of rotatable bonds is 4. The summed E-state index contributed by atoms with van der Waals surface area (Å²) in [7, 11) is 0. The minimum atomic E-state index is -0.0123. The van der Waals surface area contributed by atoms with Crippen LogP contribution in [0, 0.1) is 23.2 Å². The predicted molar refractivity (Wildman–Crippen MR) is 138 cm³/mol. The van der Waals surface area contributed by atoms with E-state index in [0.717, 1.165) is 49.6 Å². The Labute approximate surface area is 207 Å². The Morgan fingerprint density at radius 2 is 1.74 bits per heavy atom. The van der Waals surface area contributed by atoms with Gasteiger partial charge in [0.2, 0.25) is 0 Å². The van der Waals surface area contributed by atoms with Crippen molar-refractivity contribution < 1.29 is 4.79 Å². The van der Waals surface area contributed by atoms with E-state index in [1.165, 1.54) is 31.2 Å². The third-order valence-electron chi connectivity index (χ3n) is 8.98. The van der Waals surface area contributed by atoms with Crippen LogP contribution in [0.4, 0.5) is 0 Å². The highest BCUT2D eigenvalue weighted by molar-refractivity contribution is 5.98. The van der Waals surface area contributed by atoms with Gasteiger partial charge < -0.3 is 15.6 Å². The van der Waals surface area contributed by atoms with Crippen LogP contribution in [-0.4, -0.2) is 23.5 Å². The first-order valence-corrected chi connectivity index (χ1v) is 13.3. The van der Waals surface area contributed by atoms with Gasteiger partial charge in [-0.25, -0.2) is 0 Å². The Bertz CT molecular complexity index is 1270. The molecule has 5 heteroatoms. The summed E-state index contributed by atoms with van der Waals surface area (Å²) >= 11 is 0. The molecule has 2 heterocycles. The number of aromatic nitrogens is 1. The molecule has 1 amide bonds. The summed E-state index contributed by atoms with van der Waals surface area (Å²) in [5, 5.41) is 17.4. The van der Waals surface area contributed by atoms with Crippen LogP contribution in [0.2, 0.25) is 0 Å². The Hall–Kier alpha value is -3.10. The molecule has 6 rings (SSSR count). The highest BCUT2D eigenvalue weighted by atomic mass is 16.1. The fraction of sp³-hybridized carbons (Fsp3) is 0.467. The van der Waals surface area contributed by atoms with Gasteiger partial charge in [-0.1, -0.05) is 37.1 Å². The summed E-state index contributed by atoms with van der Waals surface area (Å²) in [6.07, 6.45) is 10.8. The van der Waals surface area contributed by atoms with E-state index in [4.69, 9.17) is 5.26 Å². The van der Waals surface area contributed by atoms with Gasteiger partial charge in [0.15, 0.2) is 0 Å². The second-order valence-electron chi connectivity index (χ2n) is 10.8. The van der Waals surface area contributed by atoms with Crippen molar-refractivity contribution in [1.29, 1.82) is 5.26 Å². The molecule has 3 aromatic rings. The maximum Gasteiger partial charge on any atom is 0.251 e. The monoisotopic (exact) mass is 466 g/mol. The number of nitrogens with zero attached hydrogens (tertiary/aromatic N) is 1. The van der Waals surface area contributed by atoms with E-state index >= 15 is 0 Å². The molecule has 180 valence electrons. The summed E-state index contributed by atoms with van der Waals surface area (Å²) in [6.45, 7) is 1.07. The summed E-state index contributed by atoms with van der Waals surface area (Å²) < 4.78 is 0. The van der Waals surface area contributed by atoms with E-state index in [1.54, 1.807) is 11.6 Å². The van der Waals surface area contributed by atoms with Crippen LogP contribution >= 0.6 is 0 Å². The maximum atomic E-state index is 13.1. The molecule has 0 saturated heterocycles. The van der Waals surface area contributed by atoms with E-state index < -0.39 is 0 Å². The first-order valence-electron chi connectivity index (χ1n) is 13.3. The van der Waals surface area contributed by atoms with Gasteiger partial charge in [-0.2, -0.15) is 5.26 Å². The smallest absolute Gasteiger partial charge is 0.251 e. The maximum absolute atomic E-state index is 13.1. The van der Waals surface area contributed by atoms with E-state index in [1.807, 2.05) is 18.2 Å². The predicted octanol–water partition coefficient (Wildman–Crippen LogP) is 5.56. The fourth-order valence-corrected chi connectivity index (χ4v) is 7.38. The normalized spacial score (nSPS) is 26.8. The zero-order chi connectivity index (χ0) is 23.8. The summed E-state index contributed by atoms with van der Waals surface area (Å²) in [5.41, 5.74) is 5.25. The zero-order valence-electron chi connectivity index (χ0n) is 20.3. The molecular weight excluding hydrogens is 432 g/mol.